The van der Waals surface area contributed by atoms with Crippen LogP contribution in [-0.4, -0.2) is 23.0 Å². The summed E-state index contributed by atoms with van der Waals surface area (Å²) in [6, 6.07) is 24.4. The van der Waals surface area contributed by atoms with E-state index in [4.69, 9.17) is 4.98 Å². The van der Waals surface area contributed by atoms with Gasteiger partial charge in [0.2, 0.25) is 13.4 Å². The highest BCUT2D eigenvalue weighted by Gasteiger charge is 2.51. The van der Waals surface area contributed by atoms with E-state index in [0.717, 1.165) is 17.8 Å². The Bertz CT molecular complexity index is 2090. The maximum absolute atomic E-state index is 5.26. The van der Waals surface area contributed by atoms with Crippen molar-refractivity contribution in [2.24, 2.45) is 0 Å². The summed E-state index contributed by atoms with van der Waals surface area (Å²) in [5.41, 5.74) is 20.9. The smallest absolute Gasteiger partial charge is 0.245 e. The first-order chi connectivity index (χ1) is 21.5. The molecule has 0 spiro atoms. The summed E-state index contributed by atoms with van der Waals surface area (Å²) in [5.74, 6) is 1.09. The van der Waals surface area contributed by atoms with E-state index in [-0.39, 0.29) is 29.7 Å². The van der Waals surface area contributed by atoms with Gasteiger partial charge in [-0.05, 0) is 109 Å². The summed E-state index contributed by atoms with van der Waals surface area (Å²) in [6.45, 7) is 19.5. The van der Waals surface area contributed by atoms with Crippen LogP contribution in [0.4, 0.5) is 0 Å². The van der Waals surface area contributed by atoms with Crippen molar-refractivity contribution in [1.82, 2.24) is 9.55 Å². The van der Waals surface area contributed by atoms with Crippen LogP contribution in [0.3, 0.4) is 0 Å². The van der Waals surface area contributed by atoms with Crippen LogP contribution in [0.2, 0.25) is 0 Å². The summed E-state index contributed by atoms with van der Waals surface area (Å²) in [5, 5.41) is 0. The van der Waals surface area contributed by atoms with Gasteiger partial charge in [0.05, 0.1) is 11.0 Å². The van der Waals surface area contributed by atoms with E-state index in [1.165, 1.54) is 86.4 Å². The molecule has 4 aromatic carbocycles. The molecule has 5 aliphatic rings. The molecule has 1 aromatic heterocycles. The van der Waals surface area contributed by atoms with Crippen molar-refractivity contribution in [3.8, 4) is 5.69 Å². The molecule has 0 N–H and O–H groups in total. The number of benzene rings is 4. The largest absolute Gasteiger partial charge is 0.298 e. The van der Waals surface area contributed by atoms with Gasteiger partial charge in [-0.2, -0.15) is 0 Å². The van der Waals surface area contributed by atoms with Crippen molar-refractivity contribution < 1.29 is 0 Å². The minimum atomic E-state index is 0.0809. The molecule has 0 atom stereocenters. The van der Waals surface area contributed by atoms with Gasteiger partial charge in [-0.3, -0.25) is 4.57 Å². The van der Waals surface area contributed by atoms with Gasteiger partial charge in [-0.1, -0.05) is 116 Å². The normalized spacial score (nSPS) is 22.5. The Hall–Kier alpha value is -3.52. The maximum Gasteiger partial charge on any atom is 0.245 e. The lowest BCUT2D eigenvalue weighted by molar-refractivity contribution is 0.188. The van der Waals surface area contributed by atoms with Crippen LogP contribution in [0, 0.1) is 20.8 Å². The fraction of sp³-hybridized carbons (Fsp3) is 0.390. The SMILES string of the molecule is CCC(C)(C)c1cc2c3c(c1)nc(C)n3-c1cccc3c1B2c1cc2c(cc1B3c1c(C)cccc1C)C1(C)CCC2(C)CC1. The zero-order chi connectivity index (χ0) is 31.2. The number of nitrogens with zero attached hydrogens (tertiary/aromatic N) is 2. The molecule has 0 radical (unpaired) electrons. The molecule has 2 bridgehead atoms. The topological polar surface area (TPSA) is 17.8 Å². The molecule has 5 aromatic rings. The Balaban J connectivity index is 1.45. The number of rotatable bonds is 3. The van der Waals surface area contributed by atoms with Crippen LogP contribution in [0.15, 0.2) is 60.7 Å². The quantitative estimate of drug-likeness (QED) is 0.254. The number of imidazole rings is 1. The molecule has 1 fully saturated rings. The average molecular weight is 586 g/mol. The Kier molecular flexibility index (Phi) is 5.45. The van der Waals surface area contributed by atoms with Crippen molar-refractivity contribution >= 4 is 57.2 Å². The number of aryl methyl sites for hydroxylation is 3. The van der Waals surface area contributed by atoms with Crippen LogP contribution in [0.1, 0.15) is 100 Å². The van der Waals surface area contributed by atoms with Crippen LogP contribution in [0.5, 0.6) is 0 Å². The summed E-state index contributed by atoms with van der Waals surface area (Å²) >= 11 is 0. The first kappa shape index (κ1) is 27.8. The second-order valence-corrected chi connectivity index (χ2v) is 16.3. The molecule has 0 unspecified atom stereocenters. The van der Waals surface area contributed by atoms with E-state index in [1.807, 2.05) is 0 Å². The van der Waals surface area contributed by atoms with Gasteiger partial charge in [-0.25, -0.2) is 4.98 Å². The highest BCUT2D eigenvalue weighted by Crippen LogP contribution is 2.55. The average Bonchev–Trinajstić information content (AvgIpc) is 3.36. The van der Waals surface area contributed by atoms with Crippen molar-refractivity contribution in [2.45, 2.75) is 104 Å². The van der Waals surface area contributed by atoms with Gasteiger partial charge >= 0.3 is 0 Å². The fourth-order valence-corrected chi connectivity index (χ4v) is 10.1. The Morgan fingerprint density at radius 2 is 1.31 bits per heavy atom. The molecule has 1 saturated carbocycles. The zero-order valence-electron chi connectivity index (χ0n) is 28.4. The van der Waals surface area contributed by atoms with Crippen LogP contribution in [-0.2, 0) is 16.2 Å². The van der Waals surface area contributed by atoms with Gasteiger partial charge in [0.25, 0.3) is 0 Å². The first-order valence-electron chi connectivity index (χ1n) is 17.4. The van der Waals surface area contributed by atoms with E-state index >= 15 is 0 Å². The molecular weight excluding hydrogens is 542 g/mol. The summed E-state index contributed by atoms with van der Waals surface area (Å²) in [6.07, 6.45) is 6.32. The van der Waals surface area contributed by atoms with Gasteiger partial charge in [0, 0.05) is 5.69 Å². The monoisotopic (exact) mass is 586 g/mol. The molecule has 3 heterocycles. The second-order valence-electron chi connectivity index (χ2n) is 16.3. The maximum atomic E-state index is 5.26. The standard InChI is InChI=1S/C41H44B2N2/c1-9-39(5,6)27-20-33-38-34(21-27)44-26(4)45(38)35-15-11-14-30-37(35)43(33)32-23-29-28(40(7)16-18-41(29,8)19-17-40)22-31(32)42(30)36-24(2)12-10-13-25(36)3/h10-15,20-23H,9,16-19H2,1-8H3. The minimum Gasteiger partial charge on any atom is -0.298 e. The molecule has 224 valence electrons. The molecule has 4 heteroatoms. The zero-order valence-corrected chi connectivity index (χ0v) is 28.4. The number of aromatic nitrogens is 2. The molecule has 2 aliphatic heterocycles. The van der Waals surface area contributed by atoms with Crippen LogP contribution < -0.4 is 32.8 Å². The van der Waals surface area contributed by atoms with Gasteiger partial charge in [-0.15, -0.1) is 0 Å². The molecule has 10 rings (SSSR count). The van der Waals surface area contributed by atoms with E-state index in [2.05, 4.69) is 121 Å². The van der Waals surface area contributed by atoms with Gasteiger partial charge in [0.15, 0.2) is 0 Å². The third kappa shape index (κ3) is 3.47. The Morgan fingerprint density at radius 1 is 0.733 bits per heavy atom. The van der Waals surface area contributed by atoms with E-state index < -0.39 is 0 Å². The summed E-state index contributed by atoms with van der Waals surface area (Å²) < 4.78 is 2.48. The highest BCUT2D eigenvalue weighted by molar-refractivity contribution is 7.12. The third-order valence-corrected chi connectivity index (χ3v) is 13.3. The molecular formula is C41H44B2N2. The predicted octanol–water partition coefficient (Wildman–Crippen LogP) is 5.40. The first-order valence-corrected chi connectivity index (χ1v) is 17.4. The molecule has 0 saturated heterocycles. The number of hydrogen-bond donors (Lipinski definition) is 0. The van der Waals surface area contributed by atoms with Crippen molar-refractivity contribution in [3.63, 3.8) is 0 Å². The lowest BCUT2D eigenvalue weighted by Gasteiger charge is -2.53. The molecule has 2 nitrogen and oxygen atoms in total. The van der Waals surface area contributed by atoms with Crippen molar-refractivity contribution in [2.75, 3.05) is 0 Å². The number of hydrogen-bond acceptors (Lipinski definition) is 1. The minimum absolute atomic E-state index is 0.0809. The van der Waals surface area contributed by atoms with E-state index in [1.54, 1.807) is 11.1 Å². The second kappa shape index (κ2) is 8.84. The van der Waals surface area contributed by atoms with Crippen LogP contribution >= 0.6 is 0 Å². The van der Waals surface area contributed by atoms with Crippen LogP contribution in [0.25, 0.3) is 16.7 Å². The summed E-state index contributed by atoms with van der Waals surface area (Å²) in [7, 11) is 0. The van der Waals surface area contributed by atoms with E-state index in [9.17, 15) is 0 Å². The molecule has 0 amide bonds. The molecule has 45 heavy (non-hydrogen) atoms. The Morgan fingerprint density at radius 3 is 1.91 bits per heavy atom. The van der Waals surface area contributed by atoms with E-state index in [0.29, 0.717) is 0 Å². The molecule has 3 aliphatic carbocycles. The Labute approximate surface area is 269 Å². The van der Waals surface area contributed by atoms with Gasteiger partial charge in [0.1, 0.15) is 5.82 Å². The number of fused-ring (bicyclic) bond motifs is 6. The summed E-state index contributed by atoms with van der Waals surface area (Å²) in [4.78, 5) is 5.26. The fourth-order valence-electron chi connectivity index (χ4n) is 10.1. The predicted molar refractivity (Wildman–Crippen MR) is 194 cm³/mol. The highest BCUT2D eigenvalue weighted by atomic mass is 15.1. The third-order valence-electron chi connectivity index (χ3n) is 13.3. The lowest BCUT2D eigenvalue weighted by atomic mass is 9.19. The van der Waals surface area contributed by atoms with Gasteiger partial charge < -0.3 is 0 Å². The van der Waals surface area contributed by atoms with Crippen molar-refractivity contribution in [3.05, 3.63) is 94.3 Å². The lowest BCUT2D eigenvalue weighted by Crippen LogP contribution is -2.77. The van der Waals surface area contributed by atoms with Crippen molar-refractivity contribution in [1.29, 1.82) is 0 Å².